The second kappa shape index (κ2) is 10.1. The molecule has 164 valence electrons. The molecular formula is C18H27F3N4O3S. The van der Waals surface area contributed by atoms with Crippen LogP contribution in [-0.2, 0) is 16.4 Å². The Labute approximate surface area is 169 Å². The van der Waals surface area contributed by atoms with Crippen LogP contribution in [0.5, 0.6) is 5.75 Å². The van der Waals surface area contributed by atoms with Crippen molar-refractivity contribution < 1.29 is 26.3 Å². The molecule has 1 aromatic carbocycles. The molecule has 0 amide bonds. The number of benzene rings is 1. The van der Waals surface area contributed by atoms with Gasteiger partial charge in [0.15, 0.2) is 5.96 Å². The summed E-state index contributed by atoms with van der Waals surface area (Å²) in [6.45, 7) is 0.874. The van der Waals surface area contributed by atoms with E-state index in [1.807, 2.05) is 24.3 Å². The minimum Gasteiger partial charge on any atom is -0.496 e. The van der Waals surface area contributed by atoms with E-state index in [2.05, 4.69) is 15.6 Å². The fraction of sp³-hybridized carbons (Fsp3) is 0.611. The minimum atomic E-state index is -5.24. The Hall–Kier alpha value is -2.01. The Morgan fingerprint density at radius 3 is 2.48 bits per heavy atom. The normalized spacial score (nSPS) is 17.2. The lowest BCUT2D eigenvalue weighted by Gasteiger charge is -2.31. The van der Waals surface area contributed by atoms with E-state index in [0.29, 0.717) is 36.2 Å². The fourth-order valence-electron chi connectivity index (χ4n) is 3.19. The lowest BCUT2D eigenvalue weighted by atomic mass is 9.98. The molecule has 2 rings (SSSR count). The third-order valence-electron chi connectivity index (χ3n) is 4.87. The smallest absolute Gasteiger partial charge is 0.496 e. The van der Waals surface area contributed by atoms with E-state index in [-0.39, 0.29) is 19.0 Å². The largest absolute Gasteiger partial charge is 0.511 e. The second-order valence-corrected chi connectivity index (χ2v) is 8.66. The average molecular weight is 437 g/mol. The predicted molar refractivity (Wildman–Crippen MR) is 105 cm³/mol. The first kappa shape index (κ1) is 23.3. The molecule has 1 fully saturated rings. The number of hydrogen-bond donors (Lipinski definition) is 2. The van der Waals surface area contributed by atoms with Crippen LogP contribution in [0.4, 0.5) is 13.2 Å². The van der Waals surface area contributed by atoms with Crippen LogP contribution in [0.25, 0.3) is 0 Å². The van der Waals surface area contributed by atoms with Gasteiger partial charge in [-0.05, 0) is 36.8 Å². The van der Waals surface area contributed by atoms with Crippen molar-refractivity contribution in [2.24, 2.45) is 10.9 Å². The molecule has 0 bridgehead atoms. The molecule has 2 N–H and O–H groups in total. The summed E-state index contributed by atoms with van der Waals surface area (Å²) in [5.74, 6) is 1.48. The maximum atomic E-state index is 12.6. The first-order chi connectivity index (χ1) is 13.7. The molecule has 1 heterocycles. The van der Waals surface area contributed by atoms with Gasteiger partial charge in [-0.25, -0.2) is 8.42 Å². The van der Waals surface area contributed by atoms with Crippen molar-refractivity contribution in [2.45, 2.75) is 24.8 Å². The summed E-state index contributed by atoms with van der Waals surface area (Å²) in [5.41, 5.74) is -4.18. The number of halogens is 3. The van der Waals surface area contributed by atoms with Gasteiger partial charge in [-0.2, -0.15) is 17.5 Å². The molecule has 0 unspecified atom stereocenters. The molecule has 0 aromatic heterocycles. The summed E-state index contributed by atoms with van der Waals surface area (Å²) in [7, 11) is -1.98. The van der Waals surface area contributed by atoms with Crippen LogP contribution in [-0.4, -0.2) is 64.5 Å². The van der Waals surface area contributed by atoms with E-state index >= 15 is 0 Å². The summed E-state index contributed by atoms with van der Waals surface area (Å²) in [6, 6.07) is 7.73. The number of guanidine groups is 1. The number of aliphatic imine (C=N–C) groups is 1. The summed E-state index contributed by atoms with van der Waals surface area (Å²) < 4.78 is 66.6. The summed E-state index contributed by atoms with van der Waals surface area (Å²) in [4.78, 5) is 4.14. The highest BCUT2D eigenvalue weighted by atomic mass is 32.2. The monoisotopic (exact) mass is 436 g/mol. The van der Waals surface area contributed by atoms with Gasteiger partial charge >= 0.3 is 15.5 Å². The molecule has 29 heavy (non-hydrogen) atoms. The Bertz CT molecular complexity index is 792. The number of para-hydroxylation sites is 1. The number of piperidine rings is 1. The Kier molecular flexibility index (Phi) is 8.14. The van der Waals surface area contributed by atoms with Crippen LogP contribution in [0.3, 0.4) is 0 Å². The van der Waals surface area contributed by atoms with Crippen molar-refractivity contribution in [3.05, 3.63) is 29.8 Å². The molecule has 0 saturated carbocycles. The standard InChI is InChI=1S/C18H27F3N4O3S/c1-22-17(23-10-7-15-5-3-4-6-16(15)28-2)24-13-14-8-11-25(12-9-14)29(26,27)18(19,20)21/h3-6,14H,7-13H2,1-2H3,(H2,22,23,24). The van der Waals surface area contributed by atoms with Crippen molar-refractivity contribution >= 4 is 16.0 Å². The number of nitrogens with zero attached hydrogens (tertiary/aromatic N) is 2. The highest BCUT2D eigenvalue weighted by Crippen LogP contribution is 2.30. The maximum Gasteiger partial charge on any atom is 0.511 e. The molecule has 7 nitrogen and oxygen atoms in total. The number of alkyl halides is 3. The molecule has 1 saturated heterocycles. The lowest BCUT2D eigenvalue weighted by Crippen LogP contribution is -2.47. The molecule has 11 heteroatoms. The van der Waals surface area contributed by atoms with E-state index in [1.165, 1.54) is 0 Å². The van der Waals surface area contributed by atoms with Gasteiger partial charge in [0, 0.05) is 33.2 Å². The molecule has 0 spiro atoms. The Balaban J connectivity index is 1.75. The van der Waals surface area contributed by atoms with Crippen LogP contribution in [0.1, 0.15) is 18.4 Å². The number of methoxy groups -OCH3 is 1. The van der Waals surface area contributed by atoms with Crippen LogP contribution in [0.2, 0.25) is 0 Å². The third-order valence-corrected chi connectivity index (χ3v) is 6.50. The molecule has 0 aliphatic carbocycles. The van der Waals surface area contributed by atoms with Crippen molar-refractivity contribution in [1.82, 2.24) is 14.9 Å². The van der Waals surface area contributed by atoms with Gasteiger partial charge < -0.3 is 15.4 Å². The minimum absolute atomic E-state index is 0.0717. The Morgan fingerprint density at radius 2 is 1.90 bits per heavy atom. The van der Waals surface area contributed by atoms with Crippen LogP contribution >= 0.6 is 0 Å². The van der Waals surface area contributed by atoms with E-state index < -0.39 is 15.5 Å². The topological polar surface area (TPSA) is 83.0 Å². The van der Waals surface area contributed by atoms with Gasteiger partial charge in [-0.15, -0.1) is 0 Å². The molecule has 1 aliphatic rings. The zero-order chi connectivity index (χ0) is 21.5. The van der Waals surface area contributed by atoms with Gasteiger partial charge in [0.2, 0.25) is 0 Å². The lowest BCUT2D eigenvalue weighted by molar-refractivity contribution is -0.0496. The molecule has 0 radical (unpaired) electrons. The zero-order valence-electron chi connectivity index (χ0n) is 16.5. The van der Waals surface area contributed by atoms with Gasteiger partial charge in [-0.3, -0.25) is 4.99 Å². The van der Waals surface area contributed by atoms with E-state index in [0.717, 1.165) is 17.7 Å². The number of ether oxygens (including phenoxy) is 1. The zero-order valence-corrected chi connectivity index (χ0v) is 17.3. The van der Waals surface area contributed by atoms with Crippen molar-refractivity contribution in [2.75, 3.05) is 40.3 Å². The first-order valence-corrected chi connectivity index (χ1v) is 10.8. The Morgan fingerprint density at radius 1 is 1.24 bits per heavy atom. The predicted octanol–water partition coefficient (Wildman–Crippen LogP) is 1.96. The van der Waals surface area contributed by atoms with Crippen molar-refractivity contribution in [3.63, 3.8) is 0 Å². The van der Waals surface area contributed by atoms with Gasteiger partial charge in [-0.1, -0.05) is 18.2 Å². The summed E-state index contributed by atoms with van der Waals surface area (Å²) in [5, 5.41) is 6.35. The van der Waals surface area contributed by atoms with Gasteiger partial charge in [0.05, 0.1) is 7.11 Å². The second-order valence-electron chi connectivity index (χ2n) is 6.73. The average Bonchev–Trinajstić information content (AvgIpc) is 2.70. The number of nitrogens with one attached hydrogen (secondary N) is 2. The molecule has 1 aliphatic heterocycles. The highest BCUT2D eigenvalue weighted by Gasteiger charge is 2.50. The quantitative estimate of drug-likeness (QED) is 0.505. The number of hydrogen-bond acceptors (Lipinski definition) is 4. The summed E-state index contributed by atoms with van der Waals surface area (Å²) in [6.07, 6.45) is 1.46. The molecular weight excluding hydrogens is 409 g/mol. The number of rotatable bonds is 7. The molecule has 0 atom stereocenters. The van der Waals surface area contributed by atoms with Gasteiger partial charge in [0.25, 0.3) is 0 Å². The van der Waals surface area contributed by atoms with Crippen LogP contribution in [0.15, 0.2) is 29.3 Å². The van der Waals surface area contributed by atoms with E-state index in [9.17, 15) is 21.6 Å². The fourth-order valence-corrected chi connectivity index (χ4v) is 4.17. The highest BCUT2D eigenvalue weighted by molar-refractivity contribution is 7.90. The van der Waals surface area contributed by atoms with E-state index in [1.54, 1.807) is 14.2 Å². The van der Waals surface area contributed by atoms with Crippen LogP contribution < -0.4 is 15.4 Å². The van der Waals surface area contributed by atoms with Crippen LogP contribution in [0, 0.1) is 5.92 Å². The first-order valence-electron chi connectivity index (χ1n) is 9.32. The maximum absolute atomic E-state index is 12.6. The van der Waals surface area contributed by atoms with Crippen molar-refractivity contribution in [1.29, 1.82) is 0 Å². The summed E-state index contributed by atoms with van der Waals surface area (Å²) >= 11 is 0. The van der Waals surface area contributed by atoms with Crippen molar-refractivity contribution in [3.8, 4) is 5.75 Å². The van der Waals surface area contributed by atoms with Gasteiger partial charge in [0.1, 0.15) is 5.75 Å². The third kappa shape index (κ3) is 6.23. The van der Waals surface area contributed by atoms with E-state index in [4.69, 9.17) is 4.74 Å². The molecule has 1 aromatic rings. The number of sulfonamides is 1. The SMILES string of the molecule is CN=C(NCCc1ccccc1OC)NCC1CCN(S(=O)(=O)C(F)(F)F)CC1.